The Bertz CT molecular complexity index is 549. The molecule has 0 saturated carbocycles. The normalized spacial score (nSPS) is 12.5. The molecule has 104 valence electrons. The van der Waals surface area contributed by atoms with Crippen LogP contribution in [0, 0.1) is 5.92 Å². The van der Waals surface area contributed by atoms with Crippen LogP contribution in [0.3, 0.4) is 0 Å². The zero-order valence-corrected chi connectivity index (χ0v) is 12.6. The van der Waals surface area contributed by atoms with E-state index in [2.05, 4.69) is 49.5 Å². The molecule has 0 atom stereocenters. The van der Waals surface area contributed by atoms with Crippen LogP contribution in [0.4, 0.5) is 0 Å². The molecule has 0 aliphatic carbocycles. The molecule has 0 aliphatic rings. The summed E-state index contributed by atoms with van der Waals surface area (Å²) in [7, 11) is 0. The van der Waals surface area contributed by atoms with Gasteiger partial charge in [0, 0.05) is 11.7 Å². The fourth-order valence-corrected chi connectivity index (χ4v) is 2.32. The minimum atomic E-state index is 0.0188. The van der Waals surface area contributed by atoms with Crippen molar-refractivity contribution in [3.8, 4) is 0 Å². The Morgan fingerprint density at radius 3 is 2.68 bits per heavy atom. The van der Waals surface area contributed by atoms with Crippen molar-refractivity contribution in [1.82, 2.24) is 19.9 Å². The maximum absolute atomic E-state index is 4.71. The van der Waals surface area contributed by atoms with Crippen LogP contribution >= 0.6 is 0 Å². The molecule has 19 heavy (non-hydrogen) atoms. The molecule has 2 rings (SSSR count). The minimum Gasteiger partial charge on any atom is -0.321 e. The summed E-state index contributed by atoms with van der Waals surface area (Å²) in [6.07, 6.45) is 3.67. The summed E-state index contributed by atoms with van der Waals surface area (Å²) >= 11 is 0. The molecule has 0 saturated heterocycles. The highest BCUT2D eigenvalue weighted by molar-refractivity contribution is 5.75. The molecule has 0 radical (unpaired) electrons. The number of rotatable bonds is 4. The molecule has 0 fully saturated rings. The molecule has 0 amide bonds. The Morgan fingerprint density at radius 2 is 2.05 bits per heavy atom. The summed E-state index contributed by atoms with van der Waals surface area (Å²) in [4.78, 5) is 8.88. The highest BCUT2D eigenvalue weighted by Crippen LogP contribution is 2.24. The van der Waals surface area contributed by atoms with Crippen molar-refractivity contribution in [2.75, 3.05) is 6.54 Å². The Kier molecular flexibility index (Phi) is 3.90. The third-order valence-corrected chi connectivity index (χ3v) is 3.03. The minimum absolute atomic E-state index is 0.0188. The molecule has 0 spiro atoms. The first-order valence-electron chi connectivity index (χ1n) is 6.92. The topological polar surface area (TPSA) is 42.7 Å². The summed E-state index contributed by atoms with van der Waals surface area (Å²) in [5.74, 6) is 1.73. The second-order valence-corrected chi connectivity index (χ2v) is 6.42. The van der Waals surface area contributed by atoms with Gasteiger partial charge in [-0.3, -0.25) is 4.98 Å². The zero-order chi connectivity index (χ0) is 14.0. The summed E-state index contributed by atoms with van der Waals surface area (Å²) in [6.45, 7) is 12.9. The van der Waals surface area contributed by atoms with E-state index >= 15 is 0 Å². The molecule has 2 aromatic heterocycles. The fourth-order valence-electron chi connectivity index (χ4n) is 2.32. The molecule has 0 aromatic carbocycles. The van der Waals surface area contributed by atoms with Gasteiger partial charge < -0.3 is 9.88 Å². The van der Waals surface area contributed by atoms with Crippen molar-refractivity contribution in [2.45, 2.75) is 46.7 Å². The second-order valence-electron chi connectivity index (χ2n) is 6.42. The third-order valence-electron chi connectivity index (χ3n) is 3.03. The first-order valence-corrected chi connectivity index (χ1v) is 6.92. The molecule has 2 heterocycles. The Morgan fingerprint density at radius 1 is 1.32 bits per heavy atom. The molecule has 1 N–H and O–H groups in total. The number of nitrogens with one attached hydrogen (secondary N) is 1. The molecular formula is C15H24N4. The highest BCUT2D eigenvalue weighted by Gasteiger charge is 2.21. The van der Waals surface area contributed by atoms with Crippen LogP contribution in [0.1, 0.15) is 40.4 Å². The van der Waals surface area contributed by atoms with Gasteiger partial charge in [-0.15, -0.1) is 0 Å². The van der Waals surface area contributed by atoms with E-state index < -0.39 is 0 Å². The van der Waals surface area contributed by atoms with Crippen LogP contribution in [0.2, 0.25) is 0 Å². The van der Waals surface area contributed by atoms with Crippen LogP contribution in [-0.4, -0.2) is 21.1 Å². The quantitative estimate of drug-likeness (QED) is 0.919. The first-order chi connectivity index (χ1) is 8.89. The molecule has 2 aromatic rings. The smallest absolute Gasteiger partial charge is 0.124 e. The van der Waals surface area contributed by atoms with E-state index in [1.807, 2.05) is 18.5 Å². The van der Waals surface area contributed by atoms with Gasteiger partial charge in [-0.25, -0.2) is 4.98 Å². The Labute approximate surface area is 115 Å². The molecular weight excluding hydrogens is 236 g/mol. The van der Waals surface area contributed by atoms with Gasteiger partial charge in [-0.05, 0) is 39.3 Å². The van der Waals surface area contributed by atoms with Gasteiger partial charge in [0.05, 0.1) is 18.3 Å². The van der Waals surface area contributed by atoms with Gasteiger partial charge >= 0.3 is 0 Å². The number of pyridine rings is 1. The SMILES string of the molecule is CC(C)CNCc1nc2cnccc2n1C(C)(C)C. The number of hydrogen-bond donors (Lipinski definition) is 1. The highest BCUT2D eigenvalue weighted by atomic mass is 15.2. The summed E-state index contributed by atoms with van der Waals surface area (Å²) in [5, 5.41) is 3.47. The van der Waals surface area contributed by atoms with Crippen molar-refractivity contribution in [3.05, 3.63) is 24.3 Å². The van der Waals surface area contributed by atoms with E-state index in [-0.39, 0.29) is 5.54 Å². The number of imidazole rings is 1. The van der Waals surface area contributed by atoms with Gasteiger partial charge in [0.1, 0.15) is 11.3 Å². The van der Waals surface area contributed by atoms with Gasteiger partial charge in [0.25, 0.3) is 0 Å². The molecule has 4 nitrogen and oxygen atoms in total. The predicted octanol–water partition coefficient (Wildman–Crippen LogP) is 2.93. The number of fused-ring (bicyclic) bond motifs is 1. The monoisotopic (exact) mass is 260 g/mol. The number of aromatic nitrogens is 3. The second kappa shape index (κ2) is 5.29. The Hall–Kier alpha value is -1.42. The van der Waals surface area contributed by atoms with Gasteiger partial charge in [0.15, 0.2) is 0 Å². The molecule has 0 aliphatic heterocycles. The van der Waals surface area contributed by atoms with Crippen LogP contribution in [0.5, 0.6) is 0 Å². The van der Waals surface area contributed by atoms with Crippen molar-refractivity contribution >= 4 is 11.0 Å². The largest absolute Gasteiger partial charge is 0.321 e. The number of nitrogens with zero attached hydrogens (tertiary/aromatic N) is 3. The van der Waals surface area contributed by atoms with E-state index in [1.54, 1.807) is 0 Å². The number of hydrogen-bond acceptors (Lipinski definition) is 3. The van der Waals surface area contributed by atoms with E-state index in [4.69, 9.17) is 4.98 Å². The fraction of sp³-hybridized carbons (Fsp3) is 0.600. The lowest BCUT2D eigenvalue weighted by atomic mass is 10.1. The average molecular weight is 260 g/mol. The summed E-state index contributed by atoms with van der Waals surface area (Å²) < 4.78 is 2.30. The maximum Gasteiger partial charge on any atom is 0.124 e. The van der Waals surface area contributed by atoms with Crippen LogP contribution < -0.4 is 5.32 Å². The van der Waals surface area contributed by atoms with Crippen molar-refractivity contribution in [3.63, 3.8) is 0 Å². The molecule has 0 bridgehead atoms. The average Bonchev–Trinajstić information content (AvgIpc) is 2.66. The van der Waals surface area contributed by atoms with Crippen molar-refractivity contribution in [1.29, 1.82) is 0 Å². The van der Waals surface area contributed by atoms with E-state index in [0.29, 0.717) is 5.92 Å². The van der Waals surface area contributed by atoms with E-state index in [0.717, 1.165) is 29.9 Å². The van der Waals surface area contributed by atoms with Crippen LogP contribution in [0.15, 0.2) is 18.5 Å². The van der Waals surface area contributed by atoms with Gasteiger partial charge in [-0.2, -0.15) is 0 Å². The summed E-state index contributed by atoms with van der Waals surface area (Å²) in [5.41, 5.74) is 2.15. The van der Waals surface area contributed by atoms with Crippen LogP contribution in [0.25, 0.3) is 11.0 Å². The third kappa shape index (κ3) is 3.13. The van der Waals surface area contributed by atoms with Gasteiger partial charge in [0.2, 0.25) is 0 Å². The predicted molar refractivity (Wildman–Crippen MR) is 79.1 cm³/mol. The lowest BCUT2D eigenvalue weighted by Gasteiger charge is -2.25. The van der Waals surface area contributed by atoms with E-state index in [9.17, 15) is 0 Å². The maximum atomic E-state index is 4.71. The molecule has 4 heteroatoms. The standard InChI is InChI=1S/C15H24N4/c1-11(2)8-17-10-14-18-12-9-16-7-6-13(12)19(14)15(3,4)5/h6-7,9,11,17H,8,10H2,1-5H3. The lowest BCUT2D eigenvalue weighted by Crippen LogP contribution is -2.28. The lowest BCUT2D eigenvalue weighted by molar-refractivity contribution is 0.386. The Balaban J connectivity index is 2.36. The molecule has 0 unspecified atom stereocenters. The van der Waals surface area contributed by atoms with Gasteiger partial charge in [-0.1, -0.05) is 13.8 Å². The van der Waals surface area contributed by atoms with Crippen molar-refractivity contribution in [2.24, 2.45) is 5.92 Å². The van der Waals surface area contributed by atoms with Crippen molar-refractivity contribution < 1.29 is 0 Å². The first kappa shape index (κ1) is 14.0. The summed E-state index contributed by atoms with van der Waals surface area (Å²) in [6, 6.07) is 2.04. The zero-order valence-electron chi connectivity index (χ0n) is 12.6. The van der Waals surface area contributed by atoms with E-state index in [1.165, 1.54) is 0 Å². The van der Waals surface area contributed by atoms with Crippen LogP contribution in [-0.2, 0) is 12.1 Å².